The molecule has 2 heterocycles. The average Bonchev–Trinajstić information content (AvgIpc) is 3.03. The van der Waals surface area contributed by atoms with Crippen LogP contribution in [0.5, 0.6) is 5.75 Å². The Hall–Kier alpha value is -1.92. The number of nitrogens with zero attached hydrogens (tertiary/aromatic N) is 3. The van der Waals surface area contributed by atoms with Gasteiger partial charge in [-0.1, -0.05) is 0 Å². The number of nitrogens with one attached hydrogen (secondary N) is 1. The molecule has 0 bridgehead atoms. The van der Waals surface area contributed by atoms with Gasteiger partial charge in [-0.25, -0.2) is 0 Å². The van der Waals surface area contributed by atoms with Crippen LogP contribution in [0.1, 0.15) is 0 Å². The molecule has 106 valence electrons. The van der Waals surface area contributed by atoms with Crippen LogP contribution in [0.15, 0.2) is 30.5 Å². The van der Waals surface area contributed by atoms with Gasteiger partial charge in [0.1, 0.15) is 18.1 Å². The molecule has 0 saturated carbocycles. The largest absolute Gasteiger partial charge is 0.492 e. The predicted octanol–water partition coefficient (Wildman–Crippen LogP) is 1.18. The molecule has 1 aliphatic rings. The van der Waals surface area contributed by atoms with Gasteiger partial charge >= 0.3 is 0 Å². The zero-order valence-electron chi connectivity index (χ0n) is 11.3. The second-order valence-electron chi connectivity index (χ2n) is 4.68. The molecular weight excluding hydrogens is 256 g/mol. The molecule has 0 atom stereocenters. The lowest BCUT2D eigenvalue weighted by molar-refractivity contribution is 0.0322. The SMILES string of the molecule is c1cc(-c2cn[nH]n2)ccc1OCCN1CCOCC1. The van der Waals surface area contributed by atoms with Crippen molar-refractivity contribution in [1.82, 2.24) is 20.3 Å². The van der Waals surface area contributed by atoms with E-state index in [0.29, 0.717) is 6.61 Å². The first kappa shape index (κ1) is 13.1. The van der Waals surface area contributed by atoms with Crippen LogP contribution in [0.3, 0.4) is 0 Å². The fraction of sp³-hybridized carbons (Fsp3) is 0.429. The van der Waals surface area contributed by atoms with Gasteiger partial charge in [-0.05, 0) is 24.3 Å². The first-order valence-electron chi connectivity index (χ1n) is 6.81. The summed E-state index contributed by atoms with van der Waals surface area (Å²) in [7, 11) is 0. The van der Waals surface area contributed by atoms with Crippen molar-refractivity contribution in [3.05, 3.63) is 30.5 Å². The van der Waals surface area contributed by atoms with Crippen LogP contribution in [-0.4, -0.2) is 59.8 Å². The van der Waals surface area contributed by atoms with Gasteiger partial charge in [-0.15, -0.1) is 0 Å². The summed E-state index contributed by atoms with van der Waals surface area (Å²) < 4.78 is 11.1. The number of hydrogen-bond acceptors (Lipinski definition) is 5. The summed E-state index contributed by atoms with van der Waals surface area (Å²) in [6, 6.07) is 7.90. The number of ether oxygens (including phenoxy) is 2. The van der Waals surface area contributed by atoms with Crippen LogP contribution in [0.25, 0.3) is 11.3 Å². The van der Waals surface area contributed by atoms with Crippen LogP contribution in [0.2, 0.25) is 0 Å². The van der Waals surface area contributed by atoms with E-state index in [1.54, 1.807) is 6.20 Å². The van der Waals surface area contributed by atoms with Gasteiger partial charge in [0.2, 0.25) is 0 Å². The summed E-state index contributed by atoms with van der Waals surface area (Å²) in [6.07, 6.45) is 1.70. The summed E-state index contributed by atoms with van der Waals surface area (Å²) in [5, 5.41) is 10.4. The fourth-order valence-corrected chi connectivity index (χ4v) is 2.18. The Morgan fingerprint density at radius 1 is 1.20 bits per heavy atom. The second-order valence-corrected chi connectivity index (χ2v) is 4.68. The van der Waals surface area contributed by atoms with Crippen molar-refractivity contribution in [3.8, 4) is 17.0 Å². The van der Waals surface area contributed by atoms with Crippen molar-refractivity contribution >= 4 is 0 Å². The highest BCUT2D eigenvalue weighted by atomic mass is 16.5. The van der Waals surface area contributed by atoms with Crippen molar-refractivity contribution < 1.29 is 9.47 Å². The van der Waals surface area contributed by atoms with Crippen molar-refractivity contribution in [3.63, 3.8) is 0 Å². The number of aromatic amines is 1. The van der Waals surface area contributed by atoms with Gasteiger partial charge in [0.25, 0.3) is 0 Å². The summed E-state index contributed by atoms with van der Waals surface area (Å²) >= 11 is 0. The van der Waals surface area contributed by atoms with Gasteiger partial charge in [0.15, 0.2) is 0 Å². The van der Waals surface area contributed by atoms with E-state index in [-0.39, 0.29) is 0 Å². The van der Waals surface area contributed by atoms with Gasteiger partial charge in [0.05, 0.1) is 19.4 Å². The maximum Gasteiger partial charge on any atom is 0.119 e. The molecule has 1 aromatic carbocycles. The average molecular weight is 274 g/mol. The third kappa shape index (κ3) is 3.34. The van der Waals surface area contributed by atoms with Crippen molar-refractivity contribution in [2.24, 2.45) is 0 Å². The van der Waals surface area contributed by atoms with E-state index in [2.05, 4.69) is 20.3 Å². The minimum absolute atomic E-state index is 0.698. The van der Waals surface area contributed by atoms with Crippen LogP contribution in [0.4, 0.5) is 0 Å². The lowest BCUT2D eigenvalue weighted by atomic mass is 10.2. The van der Waals surface area contributed by atoms with E-state index in [1.807, 2.05) is 24.3 Å². The van der Waals surface area contributed by atoms with E-state index in [9.17, 15) is 0 Å². The minimum Gasteiger partial charge on any atom is -0.492 e. The first-order valence-corrected chi connectivity index (χ1v) is 6.81. The fourth-order valence-electron chi connectivity index (χ4n) is 2.18. The van der Waals surface area contributed by atoms with Gasteiger partial charge < -0.3 is 9.47 Å². The molecule has 1 aromatic heterocycles. The number of hydrogen-bond donors (Lipinski definition) is 1. The summed E-state index contributed by atoms with van der Waals surface area (Å²) in [4.78, 5) is 2.35. The first-order chi connectivity index (χ1) is 9.92. The van der Waals surface area contributed by atoms with Gasteiger partial charge in [0, 0.05) is 25.2 Å². The lowest BCUT2D eigenvalue weighted by Gasteiger charge is -2.26. The number of rotatable bonds is 5. The van der Waals surface area contributed by atoms with Crippen molar-refractivity contribution in [2.75, 3.05) is 39.5 Å². The molecule has 6 nitrogen and oxygen atoms in total. The molecule has 1 aliphatic heterocycles. The third-order valence-electron chi connectivity index (χ3n) is 3.35. The monoisotopic (exact) mass is 274 g/mol. The van der Waals surface area contributed by atoms with Crippen molar-refractivity contribution in [2.45, 2.75) is 0 Å². The molecule has 0 radical (unpaired) electrons. The molecule has 1 saturated heterocycles. The maximum absolute atomic E-state index is 5.75. The normalized spacial score (nSPS) is 16.2. The van der Waals surface area contributed by atoms with Gasteiger partial charge in [-0.2, -0.15) is 15.4 Å². The van der Waals surface area contributed by atoms with E-state index in [1.165, 1.54) is 0 Å². The molecule has 0 aliphatic carbocycles. The standard InChI is InChI=1S/C14H18N4O2/c1-3-13(4-2-12(1)14-11-15-17-16-14)20-10-7-18-5-8-19-9-6-18/h1-4,11H,5-10H2,(H,15,16,17). The highest BCUT2D eigenvalue weighted by Gasteiger charge is 2.09. The minimum atomic E-state index is 0.698. The summed E-state index contributed by atoms with van der Waals surface area (Å²) in [5.74, 6) is 0.880. The smallest absolute Gasteiger partial charge is 0.119 e. The molecule has 3 rings (SSSR count). The molecule has 0 spiro atoms. The number of morpholine rings is 1. The Morgan fingerprint density at radius 2 is 2.00 bits per heavy atom. The Labute approximate surface area is 117 Å². The molecule has 2 aromatic rings. The highest BCUT2D eigenvalue weighted by molar-refractivity contribution is 5.58. The third-order valence-corrected chi connectivity index (χ3v) is 3.35. The zero-order valence-corrected chi connectivity index (χ0v) is 11.3. The Balaban J connectivity index is 1.48. The molecule has 1 N–H and O–H groups in total. The summed E-state index contributed by atoms with van der Waals surface area (Å²) in [6.45, 7) is 5.28. The Kier molecular flexibility index (Phi) is 4.25. The van der Waals surface area contributed by atoms with E-state index in [0.717, 1.165) is 49.9 Å². The number of H-pyrrole nitrogens is 1. The van der Waals surface area contributed by atoms with E-state index >= 15 is 0 Å². The highest BCUT2D eigenvalue weighted by Crippen LogP contribution is 2.19. The van der Waals surface area contributed by atoms with Gasteiger partial charge in [-0.3, -0.25) is 4.90 Å². The Bertz CT molecular complexity index is 506. The van der Waals surface area contributed by atoms with Crippen LogP contribution in [-0.2, 0) is 4.74 Å². The predicted molar refractivity (Wildman–Crippen MR) is 74.6 cm³/mol. The molecule has 0 unspecified atom stereocenters. The number of benzene rings is 1. The quantitative estimate of drug-likeness (QED) is 0.887. The van der Waals surface area contributed by atoms with E-state index < -0.39 is 0 Å². The zero-order chi connectivity index (χ0) is 13.6. The molecule has 0 amide bonds. The summed E-state index contributed by atoms with van der Waals surface area (Å²) in [5.41, 5.74) is 1.86. The second kappa shape index (κ2) is 6.49. The molecule has 1 fully saturated rings. The van der Waals surface area contributed by atoms with Crippen LogP contribution < -0.4 is 4.74 Å². The Morgan fingerprint density at radius 3 is 2.70 bits per heavy atom. The molecular formula is C14H18N4O2. The molecule has 6 heteroatoms. The van der Waals surface area contributed by atoms with E-state index in [4.69, 9.17) is 9.47 Å². The lowest BCUT2D eigenvalue weighted by Crippen LogP contribution is -2.38. The van der Waals surface area contributed by atoms with Crippen molar-refractivity contribution in [1.29, 1.82) is 0 Å². The number of aromatic nitrogens is 3. The molecule has 20 heavy (non-hydrogen) atoms. The topological polar surface area (TPSA) is 63.3 Å². The maximum atomic E-state index is 5.75. The van der Waals surface area contributed by atoms with Crippen LogP contribution >= 0.6 is 0 Å². The van der Waals surface area contributed by atoms with Crippen LogP contribution in [0, 0.1) is 0 Å².